The average molecular weight is 94.2 g/mol. The van der Waals surface area contributed by atoms with Crippen LogP contribution in [0.15, 0.2) is 12.2 Å². The first kappa shape index (κ1) is 3.71. The van der Waals surface area contributed by atoms with Crippen LogP contribution in [0.3, 0.4) is 0 Å². The SMILES string of the molecule is C=C1CC[C@@H]2C[C@H]12. The summed E-state index contributed by atoms with van der Waals surface area (Å²) >= 11 is 0. The van der Waals surface area contributed by atoms with Crippen molar-refractivity contribution in [3.05, 3.63) is 12.2 Å². The van der Waals surface area contributed by atoms with Gasteiger partial charge in [-0.1, -0.05) is 12.2 Å². The average Bonchev–Trinajstić information content (AvgIpc) is 2.33. The fourth-order valence-corrected chi connectivity index (χ4v) is 1.62. The van der Waals surface area contributed by atoms with Gasteiger partial charge in [-0.15, -0.1) is 0 Å². The van der Waals surface area contributed by atoms with E-state index in [1.54, 1.807) is 0 Å². The van der Waals surface area contributed by atoms with Gasteiger partial charge >= 0.3 is 0 Å². The van der Waals surface area contributed by atoms with Crippen molar-refractivity contribution < 1.29 is 0 Å². The van der Waals surface area contributed by atoms with Crippen molar-refractivity contribution in [3.8, 4) is 0 Å². The third-order valence-corrected chi connectivity index (χ3v) is 2.28. The molecule has 0 aromatic carbocycles. The Labute approximate surface area is 44.2 Å². The van der Waals surface area contributed by atoms with Crippen molar-refractivity contribution in [2.45, 2.75) is 19.3 Å². The van der Waals surface area contributed by atoms with E-state index in [9.17, 15) is 0 Å². The Kier molecular flexibility index (Phi) is 0.495. The molecule has 38 valence electrons. The maximum Gasteiger partial charge on any atom is -0.0174 e. The summed E-state index contributed by atoms with van der Waals surface area (Å²) in [6.07, 6.45) is 4.25. The third kappa shape index (κ3) is 0.370. The van der Waals surface area contributed by atoms with Crippen LogP contribution >= 0.6 is 0 Å². The second-order valence-corrected chi connectivity index (χ2v) is 2.80. The zero-order valence-corrected chi connectivity index (χ0v) is 4.48. The van der Waals surface area contributed by atoms with Gasteiger partial charge in [-0.05, 0) is 31.1 Å². The minimum Gasteiger partial charge on any atom is -0.0996 e. The molecule has 2 atom stereocenters. The highest BCUT2D eigenvalue weighted by atomic mass is 14.5. The zero-order valence-electron chi connectivity index (χ0n) is 4.48. The van der Waals surface area contributed by atoms with E-state index in [0.717, 1.165) is 11.8 Å². The van der Waals surface area contributed by atoms with Gasteiger partial charge in [0.25, 0.3) is 0 Å². The summed E-state index contributed by atoms with van der Waals surface area (Å²) in [4.78, 5) is 0. The van der Waals surface area contributed by atoms with Gasteiger partial charge in [0.05, 0.1) is 0 Å². The van der Waals surface area contributed by atoms with E-state index in [1.165, 1.54) is 24.8 Å². The molecule has 0 nitrogen and oxygen atoms in total. The highest BCUT2D eigenvalue weighted by molar-refractivity contribution is 5.17. The summed E-state index contributed by atoms with van der Waals surface area (Å²) in [5.41, 5.74) is 1.53. The van der Waals surface area contributed by atoms with Crippen LogP contribution in [0.4, 0.5) is 0 Å². The lowest BCUT2D eigenvalue weighted by molar-refractivity contribution is 0.786. The molecule has 0 amide bonds. The molecule has 0 heterocycles. The molecule has 0 bridgehead atoms. The normalized spacial score (nSPS) is 46.6. The highest BCUT2D eigenvalue weighted by Gasteiger charge is 2.43. The molecule has 0 aromatic heterocycles. The number of allylic oxidation sites excluding steroid dienone is 1. The van der Waals surface area contributed by atoms with Crippen LogP contribution in [0.2, 0.25) is 0 Å². The molecule has 2 saturated carbocycles. The van der Waals surface area contributed by atoms with Gasteiger partial charge in [0.2, 0.25) is 0 Å². The number of hydrogen-bond donors (Lipinski definition) is 0. The van der Waals surface area contributed by atoms with Crippen molar-refractivity contribution in [2.24, 2.45) is 11.8 Å². The summed E-state index contributed by atoms with van der Waals surface area (Å²) in [6, 6.07) is 0. The molecule has 0 unspecified atom stereocenters. The summed E-state index contributed by atoms with van der Waals surface area (Å²) < 4.78 is 0. The lowest BCUT2D eigenvalue weighted by Gasteiger charge is -1.88. The molecule has 7 heavy (non-hydrogen) atoms. The summed E-state index contributed by atoms with van der Waals surface area (Å²) in [5.74, 6) is 2.08. The predicted molar refractivity (Wildman–Crippen MR) is 30.0 cm³/mol. The molecule has 0 N–H and O–H groups in total. The third-order valence-electron chi connectivity index (χ3n) is 2.28. The van der Waals surface area contributed by atoms with E-state index in [-0.39, 0.29) is 0 Å². The van der Waals surface area contributed by atoms with Crippen LogP contribution in [0, 0.1) is 11.8 Å². The van der Waals surface area contributed by atoms with Gasteiger partial charge in [0.15, 0.2) is 0 Å². The fourth-order valence-electron chi connectivity index (χ4n) is 1.62. The lowest BCUT2D eigenvalue weighted by Crippen LogP contribution is -1.72. The Bertz CT molecular complexity index is 113. The summed E-state index contributed by atoms with van der Waals surface area (Å²) in [7, 11) is 0. The number of rotatable bonds is 0. The molecule has 0 radical (unpaired) electrons. The first-order chi connectivity index (χ1) is 3.38. The second-order valence-electron chi connectivity index (χ2n) is 2.80. The van der Waals surface area contributed by atoms with Crippen LogP contribution in [0.25, 0.3) is 0 Å². The highest BCUT2D eigenvalue weighted by Crippen LogP contribution is 2.54. The number of hydrogen-bond acceptors (Lipinski definition) is 0. The molecule has 2 aliphatic carbocycles. The van der Waals surface area contributed by atoms with Crippen molar-refractivity contribution in [1.29, 1.82) is 0 Å². The van der Waals surface area contributed by atoms with E-state index >= 15 is 0 Å². The molecule has 0 heteroatoms. The van der Waals surface area contributed by atoms with Gasteiger partial charge in [-0.2, -0.15) is 0 Å². The minimum atomic E-state index is 0.986. The maximum absolute atomic E-state index is 3.98. The van der Waals surface area contributed by atoms with Crippen molar-refractivity contribution in [1.82, 2.24) is 0 Å². The monoisotopic (exact) mass is 94.1 g/mol. The molecule has 0 aliphatic heterocycles. The Morgan fingerprint density at radius 3 is 2.57 bits per heavy atom. The van der Waals surface area contributed by atoms with Gasteiger partial charge < -0.3 is 0 Å². The van der Waals surface area contributed by atoms with Gasteiger partial charge in [-0.25, -0.2) is 0 Å². The van der Waals surface area contributed by atoms with Crippen molar-refractivity contribution in [2.75, 3.05) is 0 Å². The van der Waals surface area contributed by atoms with E-state index in [1.807, 2.05) is 0 Å². The van der Waals surface area contributed by atoms with E-state index in [4.69, 9.17) is 0 Å². The van der Waals surface area contributed by atoms with Gasteiger partial charge in [-0.3, -0.25) is 0 Å². The molecule has 2 aliphatic rings. The second kappa shape index (κ2) is 0.936. The Morgan fingerprint density at radius 1 is 1.57 bits per heavy atom. The Balaban J connectivity index is 2.21. The molecule has 2 rings (SSSR count). The van der Waals surface area contributed by atoms with E-state index in [2.05, 4.69) is 6.58 Å². The number of fused-ring (bicyclic) bond motifs is 1. The van der Waals surface area contributed by atoms with E-state index < -0.39 is 0 Å². The first-order valence-corrected chi connectivity index (χ1v) is 3.05. The molecule has 0 aromatic rings. The quantitative estimate of drug-likeness (QED) is 0.402. The van der Waals surface area contributed by atoms with Crippen molar-refractivity contribution >= 4 is 0 Å². The van der Waals surface area contributed by atoms with Gasteiger partial charge in [0.1, 0.15) is 0 Å². The van der Waals surface area contributed by atoms with E-state index in [0.29, 0.717) is 0 Å². The van der Waals surface area contributed by atoms with Crippen LogP contribution in [0.1, 0.15) is 19.3 Å². The zero-order chi connectivity index (χ0) is 4.85. The Morgan fingerprint density at radius 2 is 2.43 bits per heavy atom. The summed E-state index contributed by atoms with van der Waals surface area (Å²) in [5, 5.41) is 0. The summed E-state index contributed by atoms with van der Waals surface area (Å²) in [6.45, 7) is 3.98. The predicted octanol–water partition coefficient (Wildman–Crippen LogP) is 1.97. The molecule has 0 saturated heterocycles. The van der Waals surface area contributed by atoms with Gasteiger partial charge in [0, 0.05) is 0 Å². The van der Waals surface area contributed by atoms with Crippen LogP contribution in [0.5, 0.6) is 0 Å². The van der Waals surface area contributed by atoms with Crippen LogP contribution in [-0.2, 0) is 0 Å². The van der Waals surface area contributed by atoms with Crippen molar-refractivity contribution in [3.63, 3.8) is 0 Å². The molecule has 0 spiro atoms. The van der Waals surface area contributed by atoms with Crippen LogP contribution in [-0.4, -0.2) is 0 Å². The smallest absolute Gasteiger partial charge is 0.0174 e. The molecular weight excluding hydrogens is 84.1 g/mol. The minimum absolute atomic E-state index is 0.986. The first-order valence-electron chi connectivity index (χ1n) is 3.05. The molecular formula is C7H10. The standard InChI is InChI=1S/C7H10/c1-5-2-3-6-4-7(5)6/h6-7H,1-4H2/t6-,7-/m1/s1. The maximum atomic E-state index is 3.98. The fraction of sp³-hybridized carbons (Fsp3) is 0.714. The lowest BCUT2D eigenvalue weighted by atomic mass is 10.2. The molecule has 2 fully saturated rings. The largest absolute Gasteiger partial charge is 0.0996 e. The van der Waals surface area contributed by atoms with Crippen LogP contribution < -0.4 is 0 Å². The Hall–Kier alpha value is -0.260. The topological polar surface area (TPSA) is 0 Å².